The van der Waals surface area contributed by atoms with Gasteiger partial charge >= 0.3 is 5.97 Å². The number of benzene rings is 3. The van der Waals surface area contributed by atoms with Crippen molar-refractivity contribution in [1.82, 2.24) is 9.88 Å². The van der Waals surface area contributed by atoms with Crippen LogP contribution < -0.4 is 0 Å². The van der Waals surface area contributed by atoms with Gasteiger partial charge in [-0.25, -0.2) is 0 Å². The van der Waals surface area contributed by atoms with Gasteiger partial charge in [0, 0.05) is 17.8 Å². The first-order valence-electron chi connectivity index (χ1n) is 13.7. The van der Waals surface area contributed by atoms with E-state index in [9.17, 15) is 4.79 Å². The highest BCUT2D eigenvalue weighted by Crippen LogP contribution is 2.43. The number of nitrogens with zero attached hydrogens (tertiary/aromatic N) is 2. The zero-order valence-electron chi connectivity index (χ0n) is 22.1. The van der Waals surface area contributed by atoms with Crippen molar-refractivity contribution in [3.8, 4) is 0 Å². The maximum Gasteiger partial charge on any atom is 0.316 e. The van der Waals surface area contributed by atoms with Crippen LogP contribution in [0.1, 0.15) is 48.4 Å². The molecule has 0 N–H and O–H groups in total. The molecule has 1 aliphatic rings. The third-order valence-electron chi connectivity index (χ3n) is 8.21. The average Bonchev–Trinajstić information content (AvgIpc) is 3.00. The van der Waals surface area contributed by atoms with Gasteiger partial charge in [-0.3, -0.25) is 9.78 Å². The summed E-state index contributed by atoms with van der Waals surface area (Å²) < 4.78 is 5.60. The summed E-state index contributed by atoms with van der Waals surface area (Å²) in [5.41, 5.74) is 3.99. The van der Waals surface area contributed by atoms with Crippen LogP contribution in [0.4, 0.5) is 0 Å². The highest BCUT2D eigenvalue weighted by molar-refractivity contribution is 5.83. The van der Waals surface area contributed by atoms with Crippen LogP contribution in [-0.2, 0) is 20.4 Å². The Balaban J connectivity index is 1.44. The third-order valence-corrected chi connectivity index (χ3v) is 8.21. The predicted octanol–water partition coefficient (Wildman–Crippen LogP) is 6.40. The zero-order chi connectivity index (χ0) is 26.3. The molecule has 2 heterocycles. The lowest BCUT2D eigenvalue weighted by Crippen LogP contribution is -2.49. The number of hydrogen-bond acceptors (Lipinski definition) is 4. The van der Waals surface area contributed by atoms with E-state index in [4.69, 9.17) is 4.74 Å². The molecule has 0 amide bonds. The monoisotopic (exact) mass is 504 g/mol. The number of rotatable bonds is 9. The molecule has 4 heteroatoms. The molecule has 38 heavy (non-hydrogen) atoms. The van der Waals surface area contributed by atoms with Gasteiger partial charge in [0.15, 0.2) is 0 Å². The highest BCUT2D eigenvalue weighted by Gasteiger charge is 2.45. The summed E-state index contributed by atoms with van der Waals surface area (Å²) in [6.45, 7) is 4.91. The van der Waals surface area contributed by atoms with Crippen molar-refractivity contribution in [2.24, 2.45) is 0 Å². The zero-order valence-corrected chi connectivity index (χ0v) is 22.1. The molecule has 5 rings (SSSR count). The number of carbonyl (C=O) groups excluding carboxylic acids is 1. The molecule has 0 saturated carbocycles. The number of pyridine rings is 1. The Morgan fingerprint density at radius 1 is 0.789 bits per heavy atom. The number of carbonyl (C=O) groups is 1. The van der Waals surface area contributed by atoms with Gasteiger partial charge in [0.05, 0.1) is 12.0 Å². The summed E-state index contributed by atoms with van der Waals surface area (Å²) in [5, 5.41) is 0. The van der Waals surface area contributed by atoms with E-state index in [1.165, 1.54) is 16.7 Å². The highest BCUT2D eigenvalue weighted by atomic mass is 16.5. The van der Waals surface area contributed by atoms with E-state index in [0.29, 0.717) is 6.61 Å². The lowest BCUT2D eigenvalue weighted by Gasteiger charge is -2.42. The minimum absolute atomic E-state index is 0.0921. The van der Waals surface area contributed by atoms with Crippen molar-refractivity contribution in [2.75, 3.05) is 26.2 Å². The molecule has 0 aliphatic carbocycles. The molecule has 1 aromatic heterocycles. The van der Waals surface area contributed by atoms with Crippen LogP contribution in [0.15, 0.2) is 116 Å². The summed E-state index contributed by atoms with van der Waals surface area (Å²) in [4.78, 5) is 20.1. The van der Waals surface area contributed by atoms with Gasteiger partial charge < -0.3 is 9.64 Å². The van der Waals surface area contributed by atoms with Gasteiger partial charge in [-0.1, -0.05) is 91.0 Å². The van der Waals surface area contributed by atoms with Crippen molar-refractivity contribution >= 4 is 5.97 Å². The summed E-state index contributed by atoms with van der Waals surface area (Å²) in [6, 6.07) is 36.1. The molecular weight excluding hydrogens is 468 g/mol. The number of esters is 1. The Kier molecular flexibility index (Phi) is 8.00. The smallest absolute Gasteiger partial charge is 0.316 e. The lowest BCUT2D eigenvalue weighted by atomic mass is 9.67. The number of ether oxygens (including phenoxy) is 1. The summed E-state index contributed by atoms with van der Waals surface area (Å²) in [7, 11) is 0. The summed E-state index contributed by atoms with van der Waals surface area (Å²) in [6.07, 6.45) is 6.22. The van der Waals surface area contributed by atoms with Crippen LogP contribution in [-0.4, -0.2) is 42.1 Å². The van der Waals surface area contributed by atoms with Gasteiger partial charge in [-0.2, -0.15) is 0 Å². The molecule has 1 fully saturated rings. The molecule has 1 aliphatic heterocycles. The minimum Gasteiger partial charge on any atom is -0.465 e. The molecule has 194 valence electrons. The Morgan fingerprint density at radius 3 is 1.82 bits per heavy atom. The second kappa shape index (κ2) is 11.7. The van der Waals surface area contributed by atoms with Gasteiger partial charge in [-0.05, 0) is 80.2 Å². The van der Waals surface area contributed by atoms with Crippen molar-refractivity contribution in [2.45, 2.75) is 37.0 Å². The molecule has 3 aromatic carbocycles. The van der Waals surface area contributed by atoms with Crippen molar-refractivity contribution in [3.63, 3.8) is 0 Å². The normalized spacial score (nSPS) is 15.6. The first kappa shape index (κ1) is 25.9. The van der Waals surface area contributed by atoms with Crippen molar-refractivity contribution < 1.29 is 9.53 Å². The van der Waals surface area contributed by atoms with Crippen molar-refractivity contribution in [3.05, 3.63) is 138 Å². The molecule has 4 aromatic rings. The number of aromatic nitrogens is 1. The van der Waals surface area contributed by atoms with Crippen LogP contribution in [0.25, 0.3) is 0 Å². The molecule has 0 unspecified atom stereocenters. The topological polar surface area (TPSA) is 42.4 Å². The number of hydrogen-bond donors (Lipinski definition) is 0. The molecule has 0 bridgehead atoms. The van der Waals surface area contributed by atoms with Crippen LogP contribution >= 0.6 is 0 Å². The average molecular weight is 505 g/mol. The van der Waals surface area contributed by atoms with E-state index in [1.807, 2.05) is 37.5 Å². The third kappa shape index (κ3) is 5.01. The first-order valence-corrected chi connectivity index (χ1v) is 13.7. The van der Waals surface area contributed by atoms with E-state index in [0.717, 1.165) is 44.5 Å². The number of likely N-dealkylation sites (tertiary alicyclic amines) is 1. The molecule has 0 spiro atoms. The minimum atomic E-state index is -0.575. The first-order chi connectivity index (χ1) is 18.7. The van der Waals surface area contributed by atoms with E-state index >= 15 is 0 Å². The molecule has 1 saturated heterocycles. The van der Waals surface area contributed by atoms with Crippen LogP contribution in [0.3, 0.4) is 0 Å². The fourth-order valence-electron chi connectivity index (χ4n) is 6.14. The lowest BCUT2D eigenvalue weighted by molar-refractivity contribution is -0.152. The second-order valence-electron chi connectivity index (χ2n) is 10.1. The number of piperidine rings is 1. The van der Waals surface area contributed by atoms with E-state index < -0.39 is 5.41 Å². The van der Waals surface area contributed by atoms with Gasteiger partial charge in [0.1, 0.15) is 0 Å². The maximum absolute atomic E-state index is 13.3. The summed E-state index contributed by atoms with van der Waals surface area (Å²) >= 11 is 0. The predicted molar refractivity (Wildman–Crippen MR) is 152 cm³/mol. The Bertz CT molecular complexity index is 1190. The quantitative estimate of drug-likeness (QED) is 0.247. The van der Waals surface area contributed by atoms with Gasteiger partial charge in [0.25, 0.3) is 0 Å². The molecule has 4 nitrogen and oxygen atoms in total. The Morgan fingerprint density at radius 2 is 1.29 bits per heavy atom. The SMILES string of the molecule is CCOC(=O)C1(c2ccccc2)CCN(CCC(c2ccccc2)(c2ccccc2)c2ccncc2)CC1. The summed E-state index contributed by atoms with van der Waals surface area (Å²) in [5.74, 6) is -0.0921. The maximum atomic E-state index is 13.3. The second-order valence-corrected chi connectivity index (χ2v) is 10.1. The van der Waals surface area contributed by atoms with Crippen LogP contribution in [0.5, 0.6) is 0 Å². The molecule has 0 atom stereocenters. The molecular formula is C34H36N2O2. The van der Waals surface area contributed by atoms with Gasteiger partial charge in [-0.15, -0.1) is 0 Å². The van der Waals surface area contributed by atoms with E-state index in [1.54, 1.807) is 0 Å². The van der Waals surface area contributed by atoms with Crippen LogP contribution in [0, 0.1) is 0 Å². The van der Waals surface area contributed by atoms with Crippen molar-refractivity contribution in [1.29, 1.82) is 0 Å². The van der Waals surface area contributed by atoms with Crippen LogP contribution in [0.2, 0.25) is 0 Å². The molecule has 0 radical (unpaired) electrons. The standard InChI is InChI=1S/C34H36N2O2/c1-2-38-32(37)33(28-12-6-3-7-13-28)20-25-36(26-21-33)27-22-34(29-14-8-4-9-15-29,30-16-10-5-11-17-30)31-18-23-35-24-19-31/h3-19,23-24H,2,20-22,25-27H2,1H3. The van der Waals surface area contributed by atoms with Gasteiger partial charge in [0.2, 0.25) is 0 Å². The van der Waals surface area contributed by atoms with E-state index in [2.05, 4.69) is 94.8 Å². The van der Waals surface area contributed by atoms with E-state index in [-0.39, 0.29) is 11.4 Å². The Labute approximate surface area is 226 Å². The Hall–Kier alpha value is -3.76. The largest absolute Gasteiger partial charge is 0.465 e. The fraction of sp³-hybridized carbons (Fsp3) is 0.294. The fourth-order valence-corrected chi connectivity index (χ4v) is 6.14.